The van der Waals surface area contributed by atoms with Gasteiger partial charge in [-0.25, -0.2) is 13.8 Å². The van der Waals surface area contributed by atoms with E-state index in [0.29, 0.717) is 40.4 Å². The molecule has 10 heteroatoms. The number of halogens is 3. The molecule has 1 amide bonds. The van der Waals surface area contributed by atoms with E-state index in [1.807, 2.05) is 13.8 Å². The number of aromatic nitrogens is 2. The molecule has 2 aromatic carbocycles. The van der Waals surface area contributed by atoms with Gasteiger partial charge in [0.25, 0.3) is 5.91 Å². The molecular weight excluding hydrogens is 512 g/mol. The van der Waals surface area contributed by atoms with Gasteiger partial charge in [-0.15, -0.1) is 0 Å². The molecule has 0 fully saturated rings. The maximum Gasteiger partial charge on any atom is 0.255 e. The number of aliphatic hydroxyl groups excluding tert-OH is 1. The number of hydrogen-bond donors (Lipinski definition) is 5. The number of pyridine rings is 1. The van der Waals surface area contributed by atoms with E-state index in [4.69, 9.17) is 11.6 Å². The van der Waals surface area contributed by atoms with Crippen LogP contribution in [0.25, 0.3) is 11.3 Å². The van der Waals surface area contributed by atoms with Crippen molar-refractivity contribution in [1.29, 1.82) is 0 Å². The van der Waals surface area contributed by atoms with Gasteiger partial charge in [0.15, 0.2) is 0 Å². The molecule has 0 aliphatic carbocycles. The summed E-state index contributed by atoms with van der Waals surface area (Å²) in [6.07, 6.45) is 1.38. The second-order valence-corrected chi connectivity index (χ2v) is 10.3. The highest BCUT2D eigenvalue weighted by Gasteiger charge is 2.35. The van der Waals surface area contributed by atoms with Crippen molar-refractivity contribution in [1.82, 2.24) is 15.3 Å². The van der Waals surface area contributed by atoms with Crippen LogP contribution in [-0.2, 0) is 12.8 Å². The minimum absolute atomic E-state index is 0.0917. The van der Waals surface area contributed by atoms with E-state index in [2.05, 4.69) is 25.9 Å². The molecule has 4 aromatic rings. The normalized spacial score (nSPS) is 14.9. The van der Waals surface area contributed by atoms with E-state index in [1.165, 1.54) is 24.3 Å². The SMILES string of the molecule is CC1(C)Cc2[nH]c(-c3ccnc(NC(O)Cc4ccc(F)cc4)c3)c(Nc3cccc(F)c3Cl)c2C(=O)N1. The molecule has 0 bridgehead atoms. The molecule has 7 nitrogen and oxygen atoms in total. The van der Waals surface area contributed by atoms with E-state index >= 15 is 0 Å². The number of hydrogen-bond acceptors (Lipinski definition) is 5. The quantitative estimate of drug-likeness (QED) is 0.192. The van der Waals surface area contributed by atoms with Crippen LogP contribution in [0.3, 0.4) is 0 Å². The van der Waals surface area contributed by atoms with Crippen LogP contribution >= 0.6 is 11.6 Å². The molecule has 196 valence electrons. The second-order valence-electron chi connectivity index (χ2n) is 9.89. The van der Waals surface area contributed by atoms with Crippen LogP contribution in [0.15, 0.2) is 60.8 Å². The number of aromatic amines is 1. The number of nitrogens with one attached hydrogen (secondary N) is 4. The maximum atomic E-state index is 14.2. The van der Waals surface area contributed by atoms with Crippen LogP contribution in [0, 0.1) is 11.6 Å². The molecule has 5 N–H and O–H groups in total. The summed E-state index contributed by atoms with van der Waals surface area (Å²) < 4.78 is 27.4. The van der Waals surface area contributed by atoms with Crippen LogP contribution < -0.4 is 16.0 Å². The summed E-state index contributed by atoms with van der Waals surface area (Å²) in [4.78, 5) is 20.8. The molecule has 0 radical (unpaired) electrons. The minimum atomic E-state index is -0.977. The zero-order valence-corrected chi connectivity index (χ0v) is 21.5. The van der Waals surface area contributed by atoms with Crippen molar-refractivity contribution >= 4 is 34.7 Å². The fraction of sp³-hybridized carbons (Fsp3) is 0.214. The first kappa shape index (κ1) is 25.7. The Morgan fingerprint density at radius 1 is 1.16 bits per heavy atom. The van der Waals surface area contributed by atoms with Crippen LogP contribution in [0.4, 0.5) is 26.0 Å². The Balaban J connectivity index is 1.50. The first-order valence-electron chi connectivity index (χ1n) is 12.0. The van der Waals surface area contributed by atoms with Crippen molar-refractivity contribution < 1.29 is 18.7 Å². The number of amides is 1. The summed E-state index contributed by atoms with van der Waals surface area (Å²) in [6, 6.07) is 13.8. The lowest BCUT2D eigenvalue weighted by molar-refractivity contribution is 0.0897. The first-order valence-corrected chi connectivity index (χ1v) is 12.4. The average Bonchev–Trinajstić information content (AvgIpc) is 3.20. The fourth-order valence-corrected chi connectivity index (χ4v) is 4.77. The molecule has 2 aromatic heterocycles. The molecule has 1 aliphatic heterocycles. The predicted octanol–water partition coefficient (Wildman–Crippen LogP) is 5.79. The number of H-pyrrole nitrogens is 1. The largest absolute Gasteiger partial charge is 0.373 e. The lowest BCUT2D eigenvalue weighted by atomic mass is 9.91. The van der Waals surface area contributed by atoms with Crippen molar-refractivity contribution in [3.63, 3.8) is 0 Å². The lowest BCUT2D eigenvalue weighted by Gasteiger charge is -2.30. The summed E-state index contributed by atoms with van der Waals surface area (Å²) in [6.45, 7) is 3.86. The third-order valence-corrected chi connectivity index (χ3v) is 6.68. The van der Waals surface area contributed by atoms with Crippen molar-refractivity contribution in [2.45, 2.75) is 38.5 Å². The number of carbonyl (C=O) groups excluding carboxylic acids is 1. The number of fused-ring (bicyclic) bond motifs is 1. The Kier molecular flexibility index (Phi) is 6.81. The Bertz CT molecular complexity index is 1500. The van der Waals surface area contributed by atoms with E-state index in [9.17, 15) is 18.7 Å². The number of nitrogens with zero attached hydrogens (tertiary/aromatic N) is 1. The molecular formula is C28H26ClF2N5O2. The summed E-state index contributed by atoms with van der Waals surface area (Å²) in [5.74, 6) is -0.806. The molecule has 1 aliphatic rings. The van der Waals surface area contributed by atoms with Gasteiger partial charge in [-0.05, 0) is 55.8 Å². The number of rotatable bonds is 7. The Morgan fingerprint density at radius 2 is 1.92 bits per heavy atom. The molecule has 1 atom stereocenters. The van der Waals surface area contributed by atoms with Crippen molar-refractivity contribution in [3.05, 3.63) is 94.3 Å². The maximum absolute atomic E-state index is 14.2. The average molecular weight is 538 g/mol. The summed E-state index contributed by atoms with van der Waals surface area (Å²) >= 11 is 6.21. The Morgan fingerprint density at radius 3 is 2.68 bits per heavy atom. The Labute approximate surface area is 223 Å². The highest BCUT2D eigenvalue weighted by molar-refractivity contribution is 6.33. The van der Waals surface area contributed by atoms with Gasteiger partial charge in [-0.2, -0.15) is 0 Å². The van der Waals surface area contributed by atoms with Gasteiger partial charge in [-0.1, -0.05) is 29.8 Å². The van der Waals surface area contributed by atoms with Gasteiger partial charge in [0.05, 0.1) is 27.7 Å². The predicted molar refractivity (Wildman–Crippen MR) is 144 cm³/mol. The van der Waals surface area contributed by atoms with Crippen LogP contribution in [0.2, 0.25) is 5.02 Å². The van der Waals surface area contributed by atoms with Crippen molar-refractivity contribution in [2.24, 2.45) is 0 Å². The van der Waals surface area contributed by atoms with Crippen LogP contribution in [0.1, 0.15) is 35.5 Å². The summed E-state index contributed by atoms with van der Waals surface area (Å²) in [7, 11) is 0. The van der Waals surface area contributed by atoms with E-state index in [1.54, 1.807) is 36.5 Å². The van der Waals surface area contributed by atoms with E-state index < -0.39 is 17.6 Å². The van der Waals surface area contributed by atoms with Gasteiger partial charge in [-0.3, -0.25) is 4.79 Å². The van der Waals surface area contributed by atoms with Gasteiger partial charge in [0.2, 0.25) is 0 Å². The summed E-state index contributed by atoms with van der Waals surface area (Å²) in [5, 5.41) is 19.6. The standard InChI is InChI=1S/C28H26ClF2N5O2/c1-28(2)14-20-23(27(38)36-28)26(33-19-5-3-4-18(31)24(19)29)25(34-20)16-10-11-32-21(13-16)35-22(37)12-15-6-8-17(30)9-7-15/h3-11,13,22,33-34,37H,12,14H2,1-2H3,(H,32,35)(H,36,38). The highest BCUT2D eigenvalue weighted by Crippen LogP contribution is 2.40. The zero-order chi connectivity index (χ0) is 27.0. The summed E-state index contributed by atoms with van der Waals surface area (Å²) in [5.41, 5.74) is 3.46. The Hall–Kier alpha value is -3.95. The first-order chi connectivity index (χ1) is 18.1. The van der Waals surface area contributed by atoms with Crippen LogP contribution in [-0.4, -0.2) is 32.7 Å². The van der Waals surface area contributed by atoms with Gasteiger partial charge in [0, 0.05) is 35.8 Å². The number of aliphatic hydroxyl groups is 1. The fourth-order valence-electron chi connectivity index (χ4n) is 4.60. The van der Waals surface area contributed by atoms with Gasteiger partial charge < -0.3 is 26.0 Å². The monoisotopic (exact) mass is 537 g/mol. The topological polar surface area (TPSA) is 102 Å². The molecule has 5 rings (SSSR count). The third kappa shape index (κ3) is 5.34. The zero-order valence-electron chi connectivity index (χ0n) is 20.7. The highest BCUT2D eigenvalue weighted by atomic mass is 35.5. The van der Waals surface area contributed by atoms with Crippen molar-refractivity contribution in [3.8, 4) is 11.3 Å². The number of benzene rings is 2. The molecule has 0 saturated carbocycles. The van der Waals surface area contributed by atoms with Crippen LogP contribution in [0.5, 0.6) is 0 Å². The smallest absolute Gasteiger partial charge is 0.255 e. The van der Waals surface area contributed by atoms with Crippen molar-refractivity contribution in [2.75, 3.05) is 10.6 Å². The third-order valence-electron chi connectivity index (χ3n) is 6.29. The van der Waals surface area contributed by atoms with E-state index in [-0.39, 0.29) is 23.2 Å². The number of carbonyl (C=O) groups is 1. The molecule has 0 saturated heterocycles. The molecule has 3 heterocycles. The molecule has 38 heavy (non-hydrogen) atoms. The molecule has 1 unspecified atom stereocenters. The molecule has 0 spiro atoms. The van der Waals surface area contributed by atoms with E-state index in [0.717, 1.165) is 11.3 Å². The van der Waals surface area contributed by atoms with Gasteiger partial charge in [0.1, 0.15) is 23.7 Å². The number of anilines is 3. The minimum Gasteiger partial charge on any atom is -0.373 e. The second kappa shape index (κ2) is 10.1. The lowest BCUT2D eigenvalue weighted by Crippen LogP contribution is -2.49. The van der Waals surface area contributed by atoms with Gasteiger partial charge >= 0.3 is 0 Å².